The molecule has 0 spiro atoms. The third-order valence-electron chi connectivity index (χ3n) is 8.05. The molecule has 1 atom stereocenters. The van der Waals surface area contributed by atoms with E-state index in [0.29, 0.717) is 19.4 Å². The van der Waals surface area contributed by atoms with E-state index in [2.05, 4.69) is 29.6 Å². The van der Waals surface area contributed by atoms with E-state index in [1.807, 2.05) is 38.1 Å². The Hall–Kier alpha value is -3.35. The highest BCUT2D eigenvalue weighted by Gasteiger charge is 2.57. The molecule has 35 heavy (non-hydrogen) atoms. The molecule has 2 fully saturated rings. The van der Waals surface area contributed by atoms with E-state index < -0.39 is 28.9 Å². The highest BCUT2D eigenvalue weighted by atomic mass is 16.5. The predicted molar refractivity (Wildman–Crippen MR) is 131 cm³/mol. The molecule has 7 heteroatoms. The van der Waals surface area contributed by atoms with Crippen LogP contribution in [0.5, 0.6) is 0 Å². The van der Waals surface area contributed by atoms with Gasteiger partial charge in [0.2, 0.25) is 5.91 Å². The van der Waals surface area contributed by atoms with Crippen LogP contribution in [0.25, 0.3) is 11.1 Å². The summed E-state index contributed by atoms with van der Waals surface area (Å²) in [6.07, 6.45) is 2.49. The number of hydrogen-bond acceptors (Lipinski definition) is 4. The fraction of sp³-hybridized carbons (Fsp3) is 0.464. The van der Waals surface area contributed by atoms with Gasteiger partial charge in [0.05, 0.1) is 5.41 Å². The number of benzene rings is 2. The van der Waals surface area contributed by atoms with Crippen molar-refractivity contribution in [1.29, 1.82) is 0 Å². The molecule has 0 bridgehead atoms. The van der Waals surface area contributed by atoms with Crippen molar-refractivity contribution in [3.63, 3.8) is 0 Å². The predicted octanol–water partition coefficient (Wildman–Crippen LogP) is 4.41. The van der Waals surface area contributed by atoms with Crippen LogP contribution in [0.3, 0.4) is 0 Å². The summed E-state index contributed by atoms with van der Waals surface area (Å²) in [6, 6.07) is 15.5. The monoisotopic (exact) mass is 476 g/mol. The molecule has 1 saturated heterocycles. The summed E-state index contributed by atoms with van der Waals surface area (Å²) in [4.78, 5) is 39.5. The van der Waals surface area contributed by atoms with E-state index in [1.54, 1.807) is 0 Å². The molecule has 2 aromatic carbocycles. The zero-order valence-corrected chi connectivity index (χ0v) is 20.3. The van der Waals surface area contributed by atoms with Crippen LogP contribution in [0.15, 0.2) is 48.5 Å². The first-order valence-corrected chi connectivity index (χ1v) is 12.4. The molecule has 2 amide bonds. The molecular formula is C28H32N2O5. The Morgan fingerprint density at radius 3 is 2.11 bits per heavy atom. The van der Waals surface area contributed by atoms with Crippen LogP contribution in [0, 0.1) is 10.8 Å². The lowest BCUT2D eigenvalue weighted by molar-refractivity contribution is -0.177. The maximum Gasteiger partial charge on any atom is 0.407 e. The van der Waals surface area contributed by atoms with Crippen molar-refractivity contribution in [2.75, 3.05) is 19.7 Å². The van der Waals surface area contributed by atoms with Crippen molar-refractivity contribution in [3.8, 4) is 11.1 Å². The van der Waals surface area contributed by atoms with Crippen LogP contribution in [-0.4, -0.2) is 53.7 Å². The number of carbonyl (C=O) groups excluding carboxylic acids is 2. The van der Waals surface area contributed by atoms with E-state index in [9.17, 15) is 19.5 Å². The molecular weight excluding hydrogens is 444 g/mol. The van der Waals surface area contributed by atoms with Crippen LogP contribution < -0.4 is 5.32 Å². The van der Waals surface area contributed by atoms with E-state index >= 15 is 0 Å². The lowest BCUT2D eigenvalue weighted by Crippen LogP contribution is -2.69. The van der Waals surface area contributed by atoms with E-state index in [-0.39, 0.29) is 25.0 Å². The number of carboxylic acid groups (broad SMARTS) is 1. The van der Waals surface area contributed by atoms with Crippen LogP contribution in [0.1, 0.15) is 56.6 Å². The second-order valence-electron chi connectivity index (χ2n) is 10.8. The van der Waals surface area contributed by atoms with Crippen molar-refractivity contribution in [1.82, 2.24) is 10.2 Å². The zero-order chi connectivity index (χ0) is 24.8. The number of carboxylic acids is 1. The van der Waals surface area contributed by atoms with Gasteiger partial charge in [-0.3, -0.25) is 4.79 Å². The number of ether oxygens (including phenoxy) is 1. The normalized spacial score (nSPS) is 21.5. The minimum Gasteiger partial charge on any atom is -0.480 e. The van der Waals surface area contributed by atoms with E-state index in [0.717, 1.165) is 35.1 Å². The van der Waals surface area contributed by atoms with Gasteiger partial charge < -0.3 is 20.1 Å². The first kappa shape index (κ1) is 23.4. The quantitative estimate of drug-likeness (QED) is 0.644. The van der Waals surface area contributed by atoms with E-state index in [1.165, 1.54) is 4.90 Å². The third kappa shape index (κ3) is 3.97. The highest BCUT2D eigenvalue weighted by Crippen LogP contribution is 2.46. The Bertz CT molecular complexity index is 1120. The lowest BCUT2D eigenvalue weighted by Gasteiger charge is -2.54. The van der Waals surface area contributed by atoms with Gasteiger partial charge in [0.1, 0.15) is 12.6 Å². The third-order valence-corrected chi connectivity index (χ3v) is 8.05. The molecule has 2 aliphatic carbocycles. The molecule has 1 aliphatic heterocycles. The van der Waals surface area contributed by atoms with Gasteiger partial charge in [-0.15, -0.1) is 0 Å². The second-order valence-corrected chi connectivity index (χ2v) is 10.8. The molecule has 5 rings (SSSR count). The van der Waals surface area contributed by atoms with Crippen LogP contribution in [-0.2, 0) is 14.3 Å². The van der Waals surface area contributed by atoms with E-state index in [4.69, 9.17) is 4.74 Å². The van der Waals surface area contributed by atoms with Gasteiger partial charge in [-0.05, 0) is 35.1 Å². The van der Waals surface area contributed by atoms with Gasteiger partial charge in [-0.1, -0.05) is 75.2 Å². The molecule has 0 aromatic heterocycles. The number of nitrogens with zero attached hydrogens (tertiary/aromatic N) is 1. The number of hydrogen-bond donors (Lipinski definition) is 2. The van der Waals surface area contributed by atoms with Gasteiger partial charge in [0.25, 0.3) is 0 Å². The molecule has 0 radical (unpaired) electrons. The Labute approximate surface area is 205 Å². The molecule has 1 saturated carbocycles. The van der Waals surface area contributed by atoms with Crippen molar-refractivity contribution >= 4 is 18.0 Å². The van der Waals surface area contributed by atoms with Crippen LogP contribution in [0.2, 0.25) is 0 Å². The van der Waals surface area contributed by atoms with Crippen molar-refractivity contribution in [3.05, 3.63) is 59.7 Å². The summed E-state index contributed by atoms with van der Waals surface area (Å²) in [5, 5.41) is 12.5. The van der Waals surface area contributed by atoms with Crippen molar-refractivity contribution in [2.45, 2.75) is 51.5 Å². The molecule has 184 valence electrons. The summed E-state index contributed by atoms with van der Waals surface area (Å²) >= 11 is 0. The lowest BCUT2D eigenvalue weighted by atomic mass is 9.72. The van der Waals surface area contributed by atoms with Crippen LogP contribution in [0.4, 0.5) is 4.79 Å². The van der Waals surface area contributed by atoms with Crippen molar-refractivity contribution in [2.24, 2.45) is 10.8 Å². The van der Waals surface area contributed by atoms with Gasteiger partial charge in [-0.2, -0.15) is 0 Å². The number of alkyl carbamates (subject to hydrolysis) is 1. The largest absolute Gasteiger partial charge is 0.480 e. The number of likely N-dealkylation sites (tertiary alicyclic amines) is 1. The van der Waals surface area contributed by atoms with Gasteiger partial charge in [-0.25, -0.2) is 9.59 Å². The number of carbonyl (C=O) groups is 3. The Kier molecular flexibility index (Phi) is 5.82. The Morgan fingerprint density at radius 2 is 1.57 bits per heavy atom. The molecule has 1 heterocycles. The first-order valence-electron chi connectivity index (χ1n) is 12.4. The minimum atomic E-state index is -0.979. The second kappa shape index (κ2) is 8.70. The molecule has 1 unspecified atom stereocenters. The highest BCUT2D eigenvalue weighted by molar-refractivity contribution is 5.90. The fourth-order valence-electron chi connectivity index (χ4n) is 6.30. The van der Waals surface area contributed by atoms with Gasteiger partial charge >= 0.3 is 12.1 Å². The number of amides is 2. The molecule has 7 nitrogen and oxygen atoms in total. The summed E-state index contributed by atoms with van der Waals surface area (Å²) < 4.78 is 5.65. The maximum absolute atomic E-state index is 13.5. The van der Waals surface area contributed by atoms with Gasteiger partial charge in [0, 0.05) is 24.4 Å². The minimum absolute atomic E-state index is 0.0325. The summed E-state index contributed by atoms with van der Waals surface area (Å²) in [5.74, 6) is -1.18. The number of nitrogens with one attached hydrogen (secondary N) is 1. The first-order chi connectivity index (χ1) is 16.7. The number of rotatable bonds is 6. The zero-order valence-electron chi connectivity index (χ0n) is 20.3. The SMILES string of the molecule is CC1(C)CN(C(=O)C2(CNC(=O)OCC3c4ccccc4-c4ccccc43)CCCC2)C1C(=O)O. The summed E-state index contributed by atoms with van der Waals surface area (Å²) in [6.45, 7) is 4.52. The smallest absolute Gasteiger partial charge is 0.407 e. The Balaban J connectivity index is 1.24. The molecule has 3 aliphatic rings. The topological polar surface area (TPSA) is 95.9 Å². The number of fused-ring (bicyclic) bond motifs is 3. The van der Waals surface area contributed by atoms with Gasteiger partial charge in [0.15, 0.2) is 0 Å². The average molecular weight is 477 g/mol. The Morgan fingerprint density at radius 1 is 1.00 bits per heavy atom. The fourth-order valence-corrected chi connectivity index (χ4v) is 6.30. The summed E-state index contributed by atoms with van der Waals surface area (Å²) in [7, 11) is 0. The molecule has 2 aromatic rings. The standard InChI is InChI=1S/C28H32N2O5/c1-27(2)17-30(23(27)24(31)32)25(33)28(13-7-8-14-28)16-29-26(34)35-15-22-20-11-5-3-9-18(20)19-10-4-6-12-21(19)22/h3-6,9-12,22-23H,7-8,13-17H2,1-2H3,(H,29,34)(H,31,32). The maximum atomic E-state index is 13.5. The summed E-state index contributed by atoms with van der Waals surface area (Å²) in [5.41, 5.74) is 3.39. The average Bonchev–Trinajstić information content (AvgIpc) is 3.43. The molecule has 2 N–H and O–H groups in total. The van der Waals surface area contributed by atoms with Crippen LogP contribution >= 0.6 is 0 Å². The van der Waals surface area contributed by atoms with Crippen molar-refractivity contribution < 1.29 is 24.2 Å². The number of aliphatic carboxylic acids is 1.